The van der Waals surface area contributed by atoms with Crippen LogP contribution < -0.4 is 15.2 Å². The molecule has 2 aromatic rings. The summed E-state index contributed by atoms with van der Waals surface area (Å²) in [5.41, 5.74) is 4.76. The summed E-state index contributed by atoms with van der Waals surface area (Å²) in [6.07, 6.45) is 1.48. The van der Waals surface area contributed by atoms with E-state index in [0.29, 0.717) is 23.6 Å². The van der Waals surface area contributed by atoms with Crippen LogP contribution in [0.25, 0.3) is 6.08 Å². The molecule has 3 rings (SSSR count). The largest absolute Gasteiger partial charge is 0.504 e. The van der Waals surface area contributed by atoms with Crippen LogP contribution in [-0.2, 0) is 9.59 Å². The lowest BCUT2D eigenvalue weighted by molar-refractivity contribution is -0.117. The average Bonchev–Trinajstić information content (AvgIpc) is 2.86. The third kappa shape index (κ3) is 3.33. The number of rotatable bonds is 4. The summed E-state index contributed by atoms with van der Waals surface area (Å²) in [5, 5.41) is 11.0. The Morgan fingerprint density at radius 2 is 2.00 bits per heavy atom. The van der Waals surface area contributed by atoms with Crippen molar-refractivity contribution in [1.82, 2.24) is 5.43 Å². The van der Waals surface area contributed by atoms with Crippen molar-refractivity contribution in [3.05, 3.63) is 59.2 Å². The van der Waals surface area contributed by atoms with Gasteiger partial charge in [-0.3, -0.25) is 15.0 Å². The molecule has 1 heterocycles. The van der Waals surface area contributed by atoms with Crippen LogP contribution in [0.1, 0.15) is 18.1 Å². The summed E-state index contributed by atoms with van der Waals surface area (Å²) in [5.74, 6) is -0.593. The zero-order valence-corrected chi connectivity index (χ0v) is 13.9. The number of amides is 2. The minimum atomic E-state index is -0.474. The first-order valence-electron chi connectivity index (χ1n) is 7.89. The van der Waals surface area contributed by atoms with Gasteiger partial charge in [0.15, 0.2) is 11.5 Å². The molecule has 2 N–H and O–H groups in total. The number of benzene rings is 2. The number of hydrazine groups is 1. The number of phenols is 1. The molecule has 1 aliphatic heterocycles. The summed E-state index contributed by atoms with van der Waals surface area (Å²) in [7, 11) is 0. The number of phenolic OH excluding ortho intramolecular Hbond substituents is 1. The molecular formula is C19H18N2O4. The molecule has 2 amide bonds. The van der Waals surface area contributed by atoms with Crippen LogP contribution in [0.5, 0.6) is 11.5 Å². The highest BCUT2D eigenvalue weighted by Gasteiger charge is 2.34. The Morgan fingerprint density at radius 1 is 1.20 bits per heavy atom. The minimum Gasteiger partial charge on any atom is -0.504 e. The molecule has 0 saturated carbocycles. The number of ether oxygens (including phenoxy) is 1. The summed E-state index contributed by atoms with van der Waals surface area (Å²) in [6, 6.07) is 12.0. The summed E-state index contributed by atoms with van der Waals surface area (Å²) < 4.78 is 5.32. The molecule has 6 nitrogen and oxygen atoms in total. The molecule has 0 unspecified atom stereocenters. The minimum absolute atomic E-state index is 0.00703. The molecule has 1 aliphatic rings. The van der Waals surface area contributed by atoms with E-state index in [-0.39, 0.29) is 11.3 Å². The van der Waals surface area contributed by atoms with Crippen molar-refractivity contribution in [2.24, 2.45) is 0 Å². The fourth-order valence-electron chi connectivity index (χ4n) is 2.56. The van der Waals surface area contributed by atoms with E-state index in [4.69, 9.17) is 4.74 Å². The van der Waals surface area contributed by atoms with Crippen molar-refractivity contribution >= 4 is 23.6 Å². The average molecular weight is 338 g/mol. The SMILES string of the molecule is CCOc1cc(C=C2C(=O)NN(c3cccc(C)c3)C2=O)ccc1O. The maximum absolute atomic E-state index is 12.6. The van der Waals surface area contributed by atoms with Crippen LogP contribution in [0.15, 0.2) is 48.0 Å². The standard InChI is InChI=1S/C19H18N2O4/c1-3-25-17-11-13(7-8-16(17)22)10-15-18(23)20-21(19(15)24)14-6-4-5-12(2)9-14/h4-11,22H,3H2,1-2H3,(H,20,23). The Bertz CT molecular complexity index is 873. The first-order chi connectivity index (χ1) is 12.0. The molecule has 128 valence electrons. The first-order valence-corrected chi connectivity index (χ1v) is 7.89. The molecule has 2 aromatic carbocycles. The summed E-state index contributed by atoms with van der Waals surface area (Å²) >= 11 is 0. The number of carbonyl (C=O) groups excluding carboxylic acids is 2. The number of hydrogen-bond donors (Lipinski definition) is 2. The number of nitrogens with zero attached hydrogens (tertiary/aromatic N) is 1. The Kier molecular flexibility index (Phi) is 4.43. The third-order valence-electron chi connectivity index (χ3n) is 3.75. The summed E-state index contributed by atoms with van der Waals surface area (Å²) in [6.45, 7) is 4.11. The van der Waals surface area contributed by atoms with Crippen molar-refractivity contribution in [3.63, 3.8) is 0 Å². The monoisotopic (exact) mass is 338 g/mol. The van der Waals surface area contributed by atoms with Crippen LogP contribution in [-0.4, -0.2) is 23.5 Å². The first kappa shape index (κ1) is 16.6. The molecule has 25 heavy (non-hydrogen) atoms. The second-order valence-electron chi connectivity index (χ2n) is 5.64. The van der Waals surface area contributed by atoms with Gasteiger partial charge in [-0.25, -0.2) is 5.01 Å². The van der Waals surface area contributed by atoms with Gasteiger partial charge >= 0.3 is 0 Å². The van der Waals surface area contributed by atoms with Crippen molar-refractivity contribution in [3.8, 4) is 11.5 Å². The second-order valence-corrected chi connectivity index (χ2v) is 5.64. The van der Waals surface area contributed by atoms with E-state index in [1.165, 1.54) is 17.2 Å². The number of anilines is 1. The van der Waals surface area contributed by atoms with E-state index in [0.717, 1.165) is 5.56 Å². The zero-order valence-electron chi connectivity index (χ0n) is 13.9. The molecule has 1 saturated heterocycles. The third-order valence-corrected chi connectivity index (χ3v) is 3.75. The molecule has 0 aromatic heterocycles. The van der Waals surface area contributed by atoms with E-state index < -0.39 is 11.8 Å². The molecule has 6 heteroatoms. The van der Waals surface area contributed by atoms with Gasteiger partial charge in [0.05, 0.1) is 12.3 Å². The Hall–Kier alpha value is -3.28. The highest BCUT2D eigenvalue weighted by molar-refractivity contribution is 6.31. The smallest absolute Gasteiger partial charge is 0.282 e. The van der Waals surface area contributed by atoms with Gasteiger partial charge < -0.3 is 9.84 Å². The lowest BCUT2D eigenvalue weighted by Gasteiger charge is -2.14. The maximum atomic E-state index is 12.6. The van der Waals surface area contributed by atoms with Crippen molar-refractivity contribution in [2.45, 2.75) is 13.8 Å². The predicted octanol–water partition coefficient (Wildman–Crippen LogP) is 2.56. The van der Waals surface area contributed by atoms with Crippen molar-refractivity contribution in [1.29, 1.82) is 0 Å². The van der Waals surface area contributed by atoms with Gasteiger partial charge in [0, 0.05) is 0 Å². The quantitative estimate of drug-likeness (QED) is 0.663. The van der Waals surface area contributed by atoms with Crippen LogP contribution >= 0.6 is 0 Å². The van der Waals surface area contributed by atoms with E-state index in [1.54, 1.807) is 25.1 Å². The highest BCUT2D eigenvalue weighted by atomic mass is 16.5. The van der Waals surface area contributed by atoms with Crippen molar-refractivity contribution in [2.75, 3.05) is 11.6 Å². The zero-order chi connectivity index (χ0) is 18.0. The van der Waals surface area contributed by atoms with Gasteiger partial charge in [0.1, 0.15) is 5.57 Å². The lowest BCUT2D eigenvalue weighted by Crippen LogP contribution is -2.35. The summed E-state index contributed by atoms with van der Waals surface area (Å²) in [4.78, 5) is 24.8. The molecule has 0 aliphatic carbocycles. The Balaban J connectivity index is 1.92. The number of aromatic hydroxyl groups is 1. The molecule has 0 atom stereocenters. The van der Waals surface area contributed by atoms with Crippen LogP contribution in [0.3, 0.4) is 0 Å². The number of carbonyl (C=O) groups is 2. The molecule has 0 radical (unpaired) electrons. The Labute approximate surface area is 145 Å². The normalized spacial score (nSPS) is 15.6. The van der Waals surface area contributed by atoms with E-state index in [2.05, 4.69) is 5.43 Å². The lowest BCUT2D eigenvalue weighted by atomic mass is 10.1. The molecule has 0 spiro atoms. The molecular weight excluding hydrogens is 320 g/mol. The molecule has 0 bridgehead atoms. The van der Waals surface area contributed by atoms with Gasteiger partial charge in [0.2, 0.25) is 0 Å². The fraction of sp³-hybridized carbons (Fsp3) is 0.158. The van der Waals surface area contributed by atoms with Gasteiger partial charge in [-0.15, -0.1) is 0 Å². The topological polar surface area (TPSA) is 78.9 Å². The fourth-order valence-corrected chi connectivity index (χ4v) is 2.56. The van der Waals surface area contributed by atoms with E-state index >= 15 is 0 Å². The van der Waals surface area contributed by atoms with E-state index in [9.17, 15) is 14.7 Å². The van der Waals surface area contributed by atoms with Gasteiger partial charge in [0.25, 0.3) is 11.8 Å². The molecule has 1 fully saturated rings. The van der Waals surface area contributed by atoms with E-state index in [1.807, 2.05) is 25.1 Å². The second kappa shape index (κ2) is 6.68. The maximum Gasteiger partial charge on any atom is 0.282 e. The van der Waals surface area contributed by atoms with Crippen molar-refractivity contribution < 1.29 is 19.4 Å². The number of hydrogen-bond acceptors (Lipinski definition) is 4. The van der Waals surface area contributed by atoms with Crippen LogP contribution in [0, 0.1) is 6.92 Å². The van der Waals surface area contributed by atoms with Crippen LogP contribution in [0.4, 0.5) is 5.69 Å². The number of aryl methyl sites for hydroxylation is 1. The van der Waals surface area contributed by atoms with Gasteiger partial charge in [-0.2, -0.15) is 0 Å². The highest BCUT2D eigenvalue weighted by Crippen LogP contribution is 2.29. The van der Waals surface area contributed by atoms with Crippen LogP contribution in [0.2, 0.25) is 0 Å². The Morgan fingerprint density at radius 3 is 2.72 bits per heavy atom. The predicted molar refractivity (Wildman–Crippen MR) is 94.1 cm³/mol. The number of nitrogens with one attached hydrogen (secondary N) is 1. The van der Waals surface area contributed by atoms with Gasteiger partial charge in [-0.05, 0) is 55.3 Å². The van der Waals surface area contributed by atoms with Gasteiger partial charge in [-0.1, -0.05) is 18.2 Å².